The summed E-state index contributed by atoms with van der Waals surface area (Å²) in [7, 11) is 0. The Labute approximate surface area is 122 Å². The van der Waals surface area contributed by atoms with Crippen molar-refractivity contribution in [2.75, 3.05) is 11.9 Å². The first-order chi connectivity index (χ1) is 9.42. The molecule has 0 spiro atoms. The zero-order chi connectivity index (χ0) is 15.1. The number of rotatable bonds is 8. The summed E-state index contributed by atoms with van der Waals surface area (Å²) >= 11 is 0. The molecule has 0 aromatic heterocycles. The molecule has 4 nitrogen and oxygen atoms in total. The number of nitrogens with one attached hydrogen (secondary N) is 1. The van der Waals surface area contributed by atoms with Gasteiger partial charge in [-0.3, -0.25) is 0 Å². The van der Waals surface area contributed by atoms with E-state index in [-0.39, 0.29) is 18.2 Å². The molecule has 0 aliphatic carbocycles. The van der Waals surface area contributed by atoms with Crippen molar-refractivity contribution in [1.82, 2.24) is 0 Å². The maximum atomic E-state index is 5.92. The van der Waals surface area contributed by atoms with E-state index in [1.54, 1.807) is 0 Å². The molecule has 3 N–H and O–H groups in total. The number of ether oxygens (including phenoxy) is 2. The third-order valence-electron chi connectivity index (χ3n) is 2.76. The van der Waals surface area contributed by atoms with Gasteiger partial charge in [0, 0.05) is 24.3 Å². The molecule has 1 aromatic carbocycles. The first kappa shape index (κ1) is 16.6. The SMILES string of the molecule is CCC(N)CNc1ccc(OC(C)C)c(OC(C)C)c1. The minimum atomic E-state index is 0.109. The normalized spacial score (nSPS) is 12.6. The van der Waals surface area contributed by atoms with Gasteiger partial charge in [0.2, 0.25) is 0 Å². The fourth-order valence-electron chi connectivity index (χ4n) is 1.71. The molecule has 0 fully saturated rings. The lowest BCUT2D eigenvalue weighted by atomic mass is 10.2. The van der Waals surface area contributed by atoms with E-state index in [0.29, 0.717) is 0 Å². The highest BCUT2D eigenvalue weighted by molar-refractivity contribution is 5.55. The Bertz CT molecular complexity index is 405. The van der Waals surface area contributed by atoms with Crippen LogP contribution in [0.1, 0.15) is 41.0 Å². The first-order valence-electron chi connectivity index (χ1n) is 7.39. The van der Waals surface area contributed by atoms with E-state index in [1.165, 1.54) is 0 Å². The van der Waals surface area contributed by atoms with Gasteiger partial charge in [-0.15, -0.1) is 0 Å². The molecule has 1 rings (SSSR count). The Morgan fingerprint density at radius 1 is 1.05 bits per heavy atom. The molecule has 0 aliphatic heterocycles. The minimum absolute atomic E-state index is 0.109. The van der Waals surface area contributed by atoms with E-state index in [2.05, 4.69) is 12.2 Å². The monoisotopic (exact) mass is 280 g/mol. The maximum absolute atomic E-state index is 5.92. The zero-order valence-electron chi connectivity index (χ0n) is 13.3. The molecule has 20 heavy (non-hydrogen) atoms. The van der Waals surface area contributed by atoms with Crippen LogP contribution in [0, 0.1) is 0 Å². The van der Waals surface area contributed by atoms with Crippen LogP contribution in [0.25, 0.3) is 0 Å². The standard InChI is InChI=1S/C16H28N2O2/c1-6-13(17)10-18-14-7-8-15(19-11(2)3)16(9-14)20-12(4)5/h7-9,11-13,18H,6,10,17H2,1-5H3. The fraction of sp³-hybridized carbons (Fsp3) is 0.625. The van der Waals surface area contributed by atoms with Crippen molar-refractivity contribution in [2.24, 2.45) is 5.73 Å². The second-order valence-corrected chi connectivity index (χ2v) is 5.54. The van der Waals surface area contributed by atoms with Crippen LogP contribution in [0.3, 0.4) is 0 Å². The van der Waals surface area contributed by atoms with Crippen LogP contribution in [0.5, 0.6) is 11.5 Å². The molecule has 114 valence electrons. The molecule has 1 aromatic rings. The summed E-state index contributed by atoms with van der Waals surface area (Å²) in [5, 5.41) is 3.33. The topological polar surface area (TPSA) is 56.5 Å². The summed E-state index contributed by atoms with van der Waals surface area (Å²) in [6, 6.07) is 6.07. The largest absolute Gasteiger partial charge is 0.487 e. The van der Waals surface area contributed by atoms with Gasteiger partial charge in [0.25, 0.3) is 0 Å². The molecule has 0 aliphatic rings. The Morgan fingerprint density at radius 2 is 1.65 bits per heavy atom. The highest BCUT2D eigenvalue weighted by atomic mass is 16.5. The van der Waals surface area contributed by atoms with Crippen molar-refractivity contribution in [3.63, 3.8) is 0 Å². The highest BCUT2D eigenvalue weighted by Crippen LogP contribution is 2.32. The molecule has 4 heteroatoms. The van der Waals surface area contributed by atoms with E-state index in [1.807, 2.05) is 45.9 Å². The molecular formula is C16H28N2O2. The van der Waals surface area contributed by atoms with E-state index in [0.717, 1.165) is 30.2 Å². The molecular weight excluding hydrogens is 252 g/mol. The lowest BCUT2D eigenvalue weighted by Gasteiger charge is -2.19. The summed E-state index contributed by atoms with van der Waals surface area (Å²) in [5.74, 6) is 1.54. The van der Waals surface area contributed by atoms with E-state index >= 15 is 0 Å². The summed E-state index contributed by atoms with van der Waals surface area (Å²) < 4.78 is 11.6. The summed E-state index contributed by atoms with van der Waals surface area (Å²) in [5.41, 5.74) is 6.92. The number of hydrogen-bond donors (Lipinski definition) is 2. The molecule has 0 amide bonds. The Morgan fingerprint density at radius 3 is 2.20 bits per heavy atom. The minimum Gasteiger partial charge on any atom is -0.487 e. The van der Waals surface area contributed by atoms with Gasteiger partial charge in [0.05, 0.1) is 12.2 Å². The predicted molar refractivity (Wildman–Crippen MR) is 84.7 cm³/mol. The average molecular weight is 280 g/mol. The van der Waals surface area contributed by atoms with Crippen molar-refractivity contribution in [2.45, 2.75) is 59.3 Å². The summed E-state index contributed by atoms with van der Waals surface area (Å²) in [6.07, 6.45) is 1.19. The van der Waals surface area contributed by atoms with Gasteiger partial charge in [-0.25, -0.2) is 0 Å². The Kier molecular flexibility index (Phi) is 6.65. The molecule has 0 bridgehead atoms. The van der Waals surface area contributed by atoms with Crippen molar-refractivity contribution in [3.05, 3.63) is 18.2 Å². The maximum Gasteiger partial charge on any atom is 0.163 e. The predicted octanol–water partition coefficient (Wildman–Crippen LogP) is 3.41. The van der Waals surface area contributed by atoms with Crippen LogP contribution in [0.15, 0.2) is 18.2 Å². The van der Waals surface area contributed by atoms with E-state index < -0.39 is 0 Å². The van der Waals surface area contributed by atoms with Gasteiger partial charge in [-0.1, -0.05) is 6.92 Å². The Balaban J connectivity index is 2.83. The second kappa shape index (κ2) is 8.00. The third kappa shape index (κ3) is 5.70. The van der Waals surface area contributed by atoms with Crippen LogP contribution >= 0.6 is 0 Å². The van der Waals surface area contributed by atoms with Gasteiger partial charge < -0.3 is 20.5 Å². The van der Waals surface area contributed by atoms with Crippen molar-refractivity contribution in [1.29, 1.82) is 0 Å². The van der Waals surface area contributed by atoms with Crippen LogP contribution in [-0.2, 0) is 0 Å². The number of anilines is 1. The molecule has 0 radical (unpaired) electrons. The van der Waals surface area contributed by atoms with Crippen LogP contribution in [0.4, 0.5) is 5.69 Å². The quantitative estimate of drug-likeness (QED) is 0.766. The van der Waals surface area contributed by atoms with Crippen LogP contribution < -0.4 is 20.5 Å². The van der Waals surface area contributed by atoms with Gasteiger partial charge in [0.15, 0.2) is 11.5 Å². The van der Waals surface area contributed by atoms with Crippen molar-refractivity contribution >= 4 is 5.69 Å². The van der Waals surface area contributed by atoms with Crippen molar-refractivity contribution in [3.8, 4) is 11.5 Å². The van der Waals surface area contributed by atoms with E-state index in [9.17, 15) is 0 Å². The number of nitrogens with two attached hydrogens (primary N) is 1. The number of benzene rings is 1. The third-order valence-corrected chi connectivity index (χ3v) is 2.76. The van der Waals surface area contributed by atoms with Crippen molar-refractivity contribution < 1.29 is 9.47 Å². The molecule has 1 unspecified atom stereocenters. The molecule has 0 saturated heterocycles. The smallest absolute Gasteiger partial charge is 0.163 e. The van der Waals surface area contributed by atoms with Crippen LogP contribution in [0.2, 0.25) is 0 Å². The summed E-state index contributed by atoms with van der Waals surface area (Å²) in [4.78, 5) is 0. The Hall–Kier alpha value is -1.42. The van der Waals surface area contributed by atoms with Gasteiger partial charge >= 0.3 is 0 Å². The molecule has 1 atom stereocenters. The first-order valence-corrected chi connectivity index (χ1v) is 7.39. The second-order valence-electron chi connectivity index (χ2n) is 5.54. The van der Waals surface area contributed by atoms with Crippen LogP contribution in [-0.4, -0.2) is 24.8 Å². The lowest BCUT2D eigenvalue weighted by molar-refractivity contribution is 0.199. The summed E-state index contributed by atoms with van der Waals surface area (Å²) in [6.45, 7) is 10.9. The molecule has 0 heterocycles. The average Bonchev–Trinajstić information content (AvgIpc) is 2.37. The van der Waals surface area contributed by atoms with Gasteiger partial charge in [0.1, 0.15) is 0 Å². The highest BCUT2D eigenvalue weighted by Gasteiger charge is 2.10. The van der Waals surface area contributed by atoms with Gasteiger partial charge in [-0.2, -0.15) is 0 Å². The van der Waals surface area contributed by atoms with Gasteiger partial charge in [-0.05, 0) is 46.2 Å². The number of hydrogen-bond acceptors (Lipinski definition) is 4. The zero-order valence-corrected chi connectivity index (χ0v) is 13.3. The fourth-order valence-corrected chi connectivity index (χ4v) is 1.71. The van der Waals surface area contributed by atoms with E-state index in [4.69, 9.17) is 15.2 Å². The molecule has 0 saturated carbocycles. The lowest BCUT2D eigenvalue weighted by Crippen LogP contribution is -2.28.